The van der Waals surface area contributed by atoms with Crippen LogP contribution in [0.25, 0.3) is 0 Å². The minimum absolute atomic E-state index is 0.131. The van der Waals surface area contributed by atoms with E-state index in [2.05, 4.69) is 51.2 Å². The lowest BCUT2D eigenvalue weighted by molar-refractivity contribution is 0.173. The Labute approximate surface area is 110 Å². The summed E-state index contributed by atoms with van der Waals surface area (Å²) in [4.78, 5) is 0. The highest BCUT2D eigenvalue weighted by molar-refractivity contribution is 5.36. The van der Waals surface area contributed by atoms with Gasteiger partial charge in [-0.25, -0.2) is 0 Å². The van der Waals surface area contributed by atoms with E-state index in [1.165, 1.54) is 24.0 Å². The Morgan fingerprint density at radius 3 is 2.56 bits per heavy atom. The minimum atomic E-state index is -0.395. The molecule has 1 saturated carbocycles. The molecule has 1 aliphatic carbocycles. The maximum absolute atomic E-state index is 10.3. The summed E-state index contributed by atoms with van der Waals surface area (Å²) < 4.78 is 0. The summed E-state index contributed by atoms with van der Waals surface area (Å²) in [6.07, 6.45) is 2.12. The average Bonchev–Trinajstić information content (AvgIpc) is 3.08. The molecular weight excluding hydrogens is 222 g/mol. The van der Waals surface area contributed by atoms with Gasteiger partial charge in [-0.05, 0) is 41.9 Å². The third-order valence-corrected chi connectivity index (χ3v) is 3.68. The van der Waals surface area contributed by atoms with Crippen LogP contribution in [0, 0.1) is 6.92 Å². The molecule has 0 amide bonds. The molecule has 0 spiro atoms. The molecule has 1 fully saturated rings. The lowest BCUT2D eigenvalue weighted by Gasteiger charge is -2.22. The van der Waals surface area contributed by atoms with Gasteiger partial charge in [0, 0.05) is 12.6 Å². The molecule has 100 valence electrons. The Morgan fingerprint density at radius 1 is 1.33 bits per heavy atom. The second-order valence-electron chi connectivity index (χ2n) is 6.52. The maximum atomic E-state index is 10.3. The van der Waals surface area contributed by atoms with E-state index >= 15 is 0 Å². The number of aliphatic hydroxyl groups excluding tert-OH is 1. The molecule has 1 unspecified atom stereocenters. The van der Waals surface area contributed by atoms with Crippen molar-refractivity contribution in [3.05, 3.63) is 34.9 Å². The van der Waals surface area contributed by atoms with Crippen molar-refractivity contribution < 1.29 is 5.11 Å². The van der Waals surface area contributed by atoms with Gasteiger partial charge in [-0.2, -0.15) is 0 Å². The predicted octanol–water partition coefficient (Wildman–Crippen LogP) is 3.08. The molecule has 2 N–H and O–H groups in total. The number of nitrogens with one attached hydrogen (secondary N) is 1. The summed E-state index contributed by atoms with van der Waals surface area (Å²) in [7, 11) is 0. The highest BCUT2D eigenvalue weighted by Crippen LogP contribution is 2.28. The molecule has 1 atom stereocenters. The first-order valence-electron chi connectivity index (χ1n) is 6.90. The summed E-state index contributed by atoms with van der Waals surface area (Å²) >= 11 is 0. The zero-order valence-corrected chi connectivity index (χ0v) is 12.0. The zero-order chi connectivity index (χ0) is 13.3. The van der Waals surface area contributed by atoms with E-state index in [0.717, 1.165) is 5.56 Å². The monoisotopic (exact) mass is 247 g/mol. The van der Waals surface area contributed by atoms with Crippen LogP contribution in [0.15, 0.2) is 18.2 Å². The molecule has 2 rings (SSSR count). The molecular formula is C16H25NO. The molecule has 0 saturated heterocycles. The molecule has 0 radical (unpaired) electrons. The molecule has 0 aromatic heterocycles. The highest BCUT2D eigenvalue weighted by Gasteiger charge is 2.23. The Balaban J connectivity index is 2.13. The van der Waals surface area contributed by atoms with Crippen molar-refractivity contribution >= 4 is 0 Å². The molecule has 1 aromatic carbocycles. The lowest BCUT2D eigenvalue weighted by atomic mass is 9.84. The molecule has 1 aromatic rings. The fourth-order valence-electron chi connectivity index (χ4n) is 2.14. The smallest absolute Gasteiger partial charge is 0.0917 e. The fourth-order valence-corrected chi connectivity index (χ4v) is 2.14. The molecule has 0 heterocycles. The van der Waals surface area contributed by atoms with Crippen molar-refractivity contribution in [3.8, 4) is 0 Å². The second-order valence-corrected chi connectivity index (χ2v) is 6.52. The molecule has 2 heteroatoms. The number of hydrogen-bond acceptors (Lipinski definition) is 2. The third-order valence-electron chi connectivity index (χ3n) is 3.68. The van der Waals surface area contributed by atoms with Gasteiger partial charge in [0.1, 0.15) is 0 Å². The van der Waals surface area contributed by atoms with Gasteiger partial charge in [0.2, 0.25) is 0 Å². The molecule has 0 aliphatic heterocycles. The van der Waals surface area contributed by atoms with Crippen LogP contribution >= 0.6 is 0 Å². The van der Waals surface area contributed by atoms with E-state index in [1.54, 1.807) is 0 Å². The Kier molecular flexibility index (Phi) is 3.79. The third kappa shape index (κ3) is 3.33. The summed E-state index contributed by atoms with van der Waals surface area (Å²) in [5.41, 5.74) is 3.66. The van der Waals surface area contributed by atoms with Gasteiger partial charge < -0.3 is 10.4 Å². The largest absolute Gasteiger partial charge is 0.387 e. The van der Waals surface area contributed by atoms with E-state index in [1.807, 2.05) is 0 Å². The van der Waals surface area contributed by atoms with Crippen LogP contribution in [0.3, 0.4) is 0 Å². The van der Waals surface area contributed by atoms with Crippen molar-refractivity contribution in [2.75, 3.05) is 6.54 Å². The lowest BCUT2D eigenvalue weighted by Crippen LogP contribution is -2.24. The Morgan fingerprint density at radius 2 is 2.00 bits per heavy atom. The normalized spacial score (nSPS) is 17.8. The van der Waals surface area contributed by atoms with Crippen LogP contribution in [-0.4, -0.2) is 17.7 Å². The van der Waals surface area contributed by atoms with Crippen LogP contribution in [0.4, 0.5) is 0 Å². The molecule has 0 bridgehead atoms. The van der Waals surface area contributed by atoms with E-state index in [4.69, 9.17) is 0 Å². The number of rotatable bonds is 4. The average molecular weight is 247 g/mol. The number of aliphatic hydroxyl groups is 1. The highest BCUT2D eigenvalue weighted by atomic mass is 16.3. The van der Waals surface area contributed by atoms with E-state index < -0.39 is 6.10 Å². The standard InChI is InChI=1S/C16H25NO/c1-11-5-6-12(16(2,3)4)9-14(11)15(18)10-17-13-7-8-13/h5-6,9,13,15,17-18H,7-8,10H2,1-4H3. The van der Waals surface area contributed by atoms with Crippen molar-refractivity contribution in [1.82, 2.24) is 5.32 Å². The van der Waals surface area contributed by atoms with Gasteiger partial charge in [0.05, 0.1) is 6.10 Å². The van der Waals surface area contributed by atoms with Crippen molar-refractivity contribution in [2.24, 2.45) is 0 Å². The molecule has 18 heavy (non-hydrogen) atoms. The van der Waals surface area contributed by atoms with Crippen LogP contribution in [0.5, 0.6) is 0 Å². The first-order valence-corrected chi connectivity index (χ1v) is 6.90. The van der Waals surface area contributed by atoms with Gasteiger partial charge in [-0.1, -0.05) is 39.0 Å². The van der Waals surface area contributed by atoms with Crippen LogP contribution in [-0.2, 0) is 5.41 Å². The number of aryl methyl sites for hydroxylation is 1. The summed E-state index contributed by atoms with van der Waals surface area (Å²) in [6, 6.07) is 7.09. The van der Waals surface area contributed by atoms with Gasteiger partial charge in [-0.3, -0.25) is 0 Å². The topological polar surface area (TPSA) is 32.3 Å². The fraction of sp³-hybridized carbons (Fsp3) is 0.625. The van der Waals surface area contributed by atoms with Gasteiger partial charge in [-0.15, -0.1) is 0 Å². The van der Waals surface area contributed by atoms with Gasteiger partial charge in [0.25, 0.3) is 0 Å². The van der Waals surface area contributed by atoms with E-state index in [-0.39, 0.29) is 5.41 Å². The Bertz CT molecular complexity index is 416. The number of benzene rings is 1. The molecule has 2 nitrogen and oxygen atoms in total. The summed E-state index contributed by atoms with van der Waals surface area (Å²) in [5.74, 6) is 0. The van der Waals surface area contributed by atoms with Gasteiger partial charge in [0.15, 0.2) is 0 Å². The van der Waals surface area contributed by atoms with Gasteiger partial charge >= 0.3 is 0 Å². The number of hydrogen-bond donors (Lipinski definition) is 2. The Hall–Kier alpha value is -0.860. The first kappa shape index (κ1) is 13.6. The maximum Gasteiger partial charge on any atom is 0.0917 e. The molecule has 1 aliphatic rings. The van der Waals surface area contributed by atoms with E-state index in [9.17, 15) is 5.11 Å². The summed E-state index contributed by atoms with van der Waals surface area (Å²) in [6.45, 7) is 9.35. The minimum Gasteiger partial charge on any atom is -0.387 e. The van der Waals surface area contributed by atoms with Crippen LogP contribution in [0.2, 0.25) is 0 Å². The second kappa shape index (κ2) is 5.02. The van der Waals surface area contributed by atoms with Crippen molar-refractivity contribution in [2.45, 2.75) is 58.1 Å². The zero-order valence-electron chi connectivity index (χ0n) is 12.0. The quantitative estimate of drug-likeness (QED) is 0.857. The van der Waals surface area contributed by atoms with Crippen LogP contribution in [0.1, 0.15) is 56.4 Å². The van der Waals surface area contributed by atoms with Crippen LogP contribution < -0.4 is 5.32 Å². The van der Waals surface area contributed by atoms with Crippen molar-refractivity contribution in [1.29, 1.82) is 0 Å². The van der Waals surface area contributed by atoms with Crippen molar-refractivity contribution in [3.63, 3.8) is 0 Å². The first-order chi connectivity index (χ1) is 8.38. The summed E-state index contributed by atoms with van der Waals surface area (Å²) in [5, 5.41) is 13.7. The SMILES string of the molecule is Cc1ccc(C(C)(C)C)cc1C(O)CNC1CC1. The van der Waals surface area contributed by atoms with E-state index in [0.29, 0.717) is 12.6 Å². The predicted molar refractivity (Wildman–Crippen MR) is 75.9 cm³/mol.